The number of rotatable bonds is 3. The Morgan fingerprint density at radius 3 is 2.50 bits per heavy atom. The molecule has 1 aromatic rings. The highest BCUT2D eigenvalue weighted by Gasteiger charge is 2.68. The fraction of sp³-hybridized carbons (Fsp3) is 0.800. The molecule has 3 saturated carbocycles. The molecule has 0 unspecified atom stereocenters. The van der Waals surface area contributed by atoms with Gasteiger partial charge in [0.15, 0.2) is 18.4 Å². The van der Waals surface area contributed by atoms with Gasteiger partial charge in [-0.25, -0.2) is 0 Å². The molecule has 7 fully saturated rings. The van der Waals surface area contributed by atoms with Crippen molar-refractivity contribution < 1.29 is 38.6 Å². The third-order valence-corrected chi connectivity index (χ3v) is 15.1. The average Bonchev–Trinajstić information content (AvgIpc) is 3.54. The number of allylic oxidation sites excluding steroid dienone is 1. The van der Waals surface area contributed by atoms with Crippen LogP contribution in [0.15, 0.2) is 42.0 Å². The molecule has 0 radical (unpaired) electrons. The van der Waals surface area contributed by atoms with Gasteiger partial charge in [0.25, 0.3) is 0 Å². The van der Waals surface area contributed by atoms with Crippen molar-refractivity contribution in [2.75, 3.05) is 13.2 Å². The minimum Gasteiger partial charge on any atom is -0.387 e. The Labute approximate surface area is 285 Å². The second kappa shape index (κ2) is 11.8. The molecule has 0 amide bonds. The fourth-order valence-electron chi connectivity index (χ4n) is 12.4. The summed E-state index contributed by atoms with van der Waals surface area (Å²) in [6.07, 6.45) is 7.78. The van der Waals surface area contributed by atoms with Crippen LogP contribution in [0.25, 0.3) is 0 Å². The lowest BCUT2D eigenvalue weighted by molar-refractivity contribution is -0.367. The molecule has 0 aromatic heterocycles. The number of ether oxygens (including phenoxy) is 6. The molecule has 48 heavy (non-hydrogen) atoms. The first kappa shape index (κ1) is 32.5. The second-order valence-electron chi connectivity index (χ2n) is 17.5. The van der Waals surface area contributed by atoms with Crippen LogP contribution in [0.4, 0.5) is 0 Å². The van der Waals surface area contributed by atoms with E-state index >= 15 is 0 Å². The van der Waals surface area contributed by atoms with E-state index in [0.717, 1.165) is 44.3 Å². The van der Waals surface area contributed by atoms with E-state index < -0.39 is 37.0 Å². The van der Waals surface area contributed by atoms with E-state index in [2.05, 4.69) is 33.8 Å². The van der Waals surface area contributed by atoms with Crippen LogP contribution in [0.1, 0.15) is 97.3 Å². The molecule has 4 aliphatic heterocycles. The highest BCUT2D eigenvalue weighted by molar-refractivity contribution is 5.26. The van der Waals surface area contributed by atoms with Gasteiger partial charge in [0, 0.05) is 17.9 Å². The Morgan fingerprint density at radius 2 is 1.71 bits per heavy atom. The van der Waals surface area contributed by atoms with Crippen LogP contribution in [-0.4, -0.2) is 72.1 Å². The van der Waals surface area contributed by atoms with Crippen LogP contribution < -0.4 is 0 Å². The zero-order valence-corrected chi connectivity index (χ0v) is 29.2. The lowest BCUT2D eigenvalue weighted by atomic mass is 9.47. The van der Waals surface area contributed by atoms with E-state index in [4.69, 9.17) is 28.4 Å². The van der Waals surface area contributed by atoms with Crippen molar-refractivity contribution in [2.45, 2.75) is 140 Å². The summed E-state index contributed by atoms with van der Waals surface area (Å²) < 4.78 is 38.3. The molecule has 8 heteroatoms. The molecule has 8 aliphatic rings. The summed E-state index contributed by atoms with van der Waals surface area (Å²) in [5.74, 6) is 3.37. The molecule has 2 N–H and O–H groups in total. The first-order valence-corrected chi connectivity index (χ1v) is 19.1. The van der Waals surface area contributed by atoms with Crippen LogP contribution in [0, 0.1) is 46.3 Å². The quantitative estimate of drug-likeness (QED) is 0.364. The SMILES string of the molecule is C[C@@H]1CC[C@@]2(OC1)O[C@H]1C[C@H]3[C@@H]4CC=C5C[C@@H](O[C@@H]6O[C@@H]7CO[C@@H](c8ccccc8)O[C@@H]7[C@H](O)[C@H]6O)CC[C@]5(C)[C@H]4CC[C@]3(C)[C@H]1[C@@H]2C. The summed E-state index contributed by atoms with van der Waals surface area (Å²) in [4.78, 5) is 0. The monoisotopic (exact) mass is 664 g/mol. The van der Waals surface area contributed by atoms with E-state index in [0.29, 0.717) is 47.0 Å². The van der Waals surface area contributed by atoms with Crippen LogP contribution in [0.3, 0.4) is 0 Å². The minimum atomic E-state index is -1.19. The van der Waals surface area contributed by atoms with Crippen molar-refractivity contribution in [2.24, 2.45) is 46.3 Å². The summed E-state index contributed by atoms with van der Waals surface area (Å²) >= 11 is 0. The summed E-state index contributed by atoms with van der Waals surface area (Å²) in [7, 11) is 0. The zero-order valence-electron chi connectivity index (χ0n) is 29.2. The predicted octanol–water partition coefficient (Wildman–Crippen LogP) is 6.30. The Bertz CT molecular complexity index is 1370. The van der Waals surface area contributed by atoms with Gasteiger partial charge in [-0.2, -0.15) is 0 Å². The summed E-state index contributed by atoms with van der Waals surface area (Å²) in [6, 6.07) is 9.67. The maximum atomic E-state index is 11.1. The average molecular weight is 665 g/mol. The summed E-state index contributed by atoms with van der Waals surface area (Å²) in [5.41, 5.74) is 2.88. The largest absolute Gasteiger partial charge is 0.387 e. The van der Waals surface area contributed by atoms with E-state index in [9.17, 15) is 10.2 Å². The molecule has 4 saturated heterocycles. The van der Waals surface area contributed by atoms with Crippen molar-refractivity contribution >= 4 is 0 Å². The van der Waals surface area contributed by atoms with Crippen LogP contribution in [0.5, 0.6) is 0 Å². The Morgan fingerprint density at radius 1 is 0.875 bits per heavy atom. The Kier molecular flexibility index (Phi) is 8.03. The van der Waals surface area contributed by atoms with Gasteiger partial charge in [0.1, 0.15) is 24.4 Å². The van der Waals surface area contributed by atoms with Gasteiger partial charge in [0.05, 0.1) is 25.4 Å². The molecule has 17 atom stereocenters. The van der Waals surface area contributed by atoms with Gasteiger partial charge in [-0.1, -0.05) is 69.7 Å². The first-order valence-electron chi connectivity index (χ1n) is 19.1. The normalized spacial score (nSPS) is 54.4. The van der Waals surface area contributed by atoms with Crippen molar-refractivity contribution in [1.29, 1.82) is 0 Å². The van der Waals surface area contributed by atoms with Gasteiger partial charge in [0.2, 0.25) is 0 Å². The molecule has 264 valence electrons. The number of hydrogen-bond donors (Lipinski definition) is 2. The number of benzene rings is 1. The lowest BCUT2D eigenvalue weighted by Gasteiger charge is -2.58. The number of aliphatic hydroxyl groups is 2. The second-order valence-corrected chi connectivity index (χ2v) is 17.5. The van der Waals surface area contributed by atoms with Gasteiger partial charge in [-0.05, 0) is 91.8 Å². The molecule has 1 aromatic carbocycles. The molecule has 8 nitrogen and oxygen atoms in total. The van der Waals surface area contributed by atoms with Gasteiger partial charge < -0.3 is 38.6 Å². The van der Waals surface area contributed by atoms with Crippen LogP contribution in [-0.2, 0) is 28.4 Å². The topological polar surface area (TPSA) is 95.8 Å². The van der Waals surface area contributed by atoms with Crippen LogP contribution >= 0.6 is 0 Å². The lowest BCUT2D eigenvalue weighted by Crippen LogP contribution is -2.62. The molecule has 9 rings (SSSR count). The first-order chi connectivity index (χ1) is 23.1. The van der Waals surface area contributed by atoms with Crippen molar-refractivity contribution in [3.05, 3.63) is 47.5 Å². The highest BCUT2D eigenvalue weighted by Crippen LogP contribution is 2.70. The number of hydrogen-bond acceptors (Lipinski definition) is 8. The third kappa shape index (κ3) is 4.91. The highest BCUT2D eigenvalue weighted by atomic mass is 16.8. The summed E-state index contributed by atoms with van der Waals surface area (Å²) in [5, 5.41) is 22.3. The van der Waals surface area contributed by atoms with E-state index in [1.807, 2.05) is 30.3 Å². The van der Waals surface area contributed by atoms with Crippen molar-refractivity contribution in [1.82, 2.24) is 0 Å². The minimum absolute atomic E-state index is 0.0601. The van der Waals surface area contributed by atoms with E-state index in [-0.39, 0.29) is 23.9 Å². The van der Waals surface area contributed by atoms with E-state index in [1.54, 1.807) is 0 Å². The Balaban J connectivity index is 0.857. The van der Waals surface area contributed by atoms with Crippen molar-refractivity contribution in [3.63, 3.8) is 0 Å². The maximum absolute atomic E-state index is 11.1. The summed E-state index contributed by atoms with van der Waals surface area (Å²) in [6.45, 7) is 11.0. The molecule has 4 heterocycles. The molecule has 1 spiro atoms. The molecule has 4 aliphatic carbocycles. The number of aliphatic hydroxyl groups excluding tert-OH is 2. The van der Waals surface area contributed by atoms with E-state index in [1.165, 1.54) is 31.3 Å². The fourth-order valence-corrected chi connectivity index (χ4v) is 12.4. The molecular formula is C40H56O8. The third-order valence-electron chi connectivity index (χ3n) is 15.1. The van der Waals surface area contributed by atoms with Gasteiger partial charge >= 0.3 is 0 Å². The number of fused-ring (bicyclic) bond motifs is 8. The predicted molar refractivity (Wildman–Crippen MR) is 177 cm³/mol. The van der Waals surface area contributed by atoms with Crippen molar-refractivity contribution in [3.8, 4) is 0 Å². The standard InChI is InChI=1S/C40H56O8/c1-22-12-17-40(44-20-22)23(2)32-30(48-40)19-29-27-11-10-25-18-26(13-15-38(25,3)28(27)14-16-39(29,32)4)45-37-34(42)33(41)35-31(46-37)21-43-36(47-35)24-8-6-5-7-9-24/h5-10,22-23,26-37,41-42H,11-21H2,1-4H3/t22-,23+,26+,27-,28+,29+,30+,31-,32+,33-,34-,35+,36-,37-,38+,39+,40-/m1/s1. The molecular weight excluding hydrogens is 608 g/mol. The van der Waals surface area contributed by atoms with Crippen LogP contribution in [0.2, 0.25) is 0 Å². The maximum Gasteiger partial charge on any atom is 0.186 e. The van der Waals surface area contributed by atoms with Gasteiger partial charge in [-0.3, -0.25) is 0 Å². The smallest absolute Gasteiger partial charge is 0.186 e. The zero-order chi connectivity index (χ0) is 33.0. The van der Waals surface area contributed by atoms with Gasteiger partial charge in [-0.15, -0.1) is 0 Å². The Hall–Kier alpha value is -1.36. The molecule has 0 bridgehead atoms.